The molecule has 0 spiro atoms. The molecular weight excluding hydrogens is 361 g/mol. The summed E-state index contributed by atoms with van der Waals surface area (Å²) in [7, 11) is 1.70. The molecule has 1 unspecified atom stereocenters. The van der Waals surface area contributed by atoms with Crippen molar-refractivity contribution in [2.75, 3.05) is 13.7 Å². The summed E-state index contributed by atoms with van der Waals surface area (Å²) >= 11 is 2.41. The van der Waals surface area contributed by atoms with E-state index in [0.717, 1.165) is 18.7 Å². The number of rotatable bonds is 6. The third-order valence-electron chi connectivity index (χ3n) is 3.33. The van der Waals surface area contributed by atoms with E-state index < -0.39 is 0 Å². The zero-order chi connectivity index (χ0) is 14.4. The quantitative estimate of drug-likeness (QED) is 0.758. The van der Waals surface area contributed by atoms with E-state index in [1.807, 2.05) is 12.1 Å². The van der Waals surface area contributed by atoms with E-state index in [0.29, 0.717) is 6.04 Å². The van der Waals surface area contributed by atoms with Gasteiger partial charge in [-0.3, -0.25) is 0 Å². The minimum Gasteiger partial charge on any atom is -0.497 e. The van der Waals surface area contributed by atoms with Crippen LogP contribution in [0.25, 0.3) is 0 Å². The Labute approximate surface area is 134 Å². The fraction of sp³-hybridized carbons (Fsp3) is 0.294. The lowest BCUT2D eigenvalue weighted by molar-refractivity contribution is 0.414. The first-order chi connectivity index (χ1) is 9.74. The van der Waals surface area contributed by atoms with Crippen molar-refractivity contribution >= 4 is 22.6 Å². The number of halogens is 1. The predicted molar refractivity (Wildman–Crippen MR) is 92.3 cm³/mol. The SMILES string of the molecule is CCNC(Cc1ccc(OC)cc1)c1ccccc1I. The van der Waals surface area contributed by atoms with Crippen LogP contribution in [0.2, 0.25) is 0 Å². The number of likely N-dealkylation sites (N-methyl/N-ethyl adjacent to an activating group) is 1. The van der Waals surface area contributed by atoms with Crippen LogP contribution < -0.4 is 10.1 Å². The molecule has 2 nitrogen and oxygen atoms in total. The van der Waals surface area contributed by atoms with E-state index in [1.54, 1.807) is 7.11 Å². The van der Waals surface area contributed by atoms with Crippen molar-refractivity contribution in [3.05, 3.63) is 63.2 Å². The summed E-state index contributed by atoms with van der Waals surface area (Å²) in [5.74, 6) is 0.906. The zero-order valence-corrected chi connectivity index (χ0v) is 14.1. The Balaban J connectivity index is 2.18. The molecule has 2 rings (SSSR count). The summed E-state index contributed by atoms with van der Waals surface area (Å²) in [6, 6.07) is 17.2. The lowest BCUT2D eigenvalue weighted by Gasteiger charge is -2.20. The third-order valence-corrected chi connectivity index (χ3v) is 4.31. The highest BCUT2D eigenvalue weighted by Crippen LogP contribution is 2.24. The fourth-order valence-corrected chi connectivity index (χ4v) is 3.06. The summed E-state index contributed by atoms with van der Waals surface area (Å²) < 4.78 is 6.52. The molecule has 0 saturated carbocycles. The van der Waals surface area contributed by atoms with Crippen LogP contribution in [-0.4, -0.2) is 13.7 Å². The molecule has 0 radical (unpaired) electrons. The van der Waals surface area contributed by atoms with Crippen molar-refractivity contribution in [3.8, 4) is 5.75 Å². The molecule has 106 valence electrons. The molecule has 0 bridgehead atoms. The van der Waals surface area contributed by atoms with Gasteiger partial charge >= 0.3 is 0 Å². The molecule has 0 heterocycles. The molecule has 0 saturated heterocycles. The minimum absolute atomic E-state index is 0.349. The molecule has 20 heavy (non-hydrogen) atoms. The molecule has 0 aliphatic heterocycles. The van der Waals surface area contributed by atoms with Crippen molar-refractivity contribution in [3.63, 3.8) is 0 Å². The minimum atomic E-state index is 0.349. The Morgan fingerprint density at radius 2 is 1.80 bits per heavy atom. The highest BCUT2D eigenvalue weighted by molar-refractivity contribution is 14.1. The fourth-order valence-electron chi connectivity index (χ4n) is 2.29. The monoisotopic (exact) mass is 381 g/mol. The molecule has 1 atom stereocenters. The van der Waals surface area contributed by atoms with Crippen LogP contribution in [0.1, 0.15) is 24.1 Å². The van der Waals surface area contributed by atoms with Crippen LogP contribution in [0.4, 0.5) is 0 Å². The van der Waals surface area contributed by atoms with Gasteiger partial charge in [0.15, 0.2) is 0 Å². The zero-order valence-electron chi connectivity index (χ0n) is 11.9. The van der Waals surface area contributed by atoms with Gasteiger partial charge in [0.05, 0.1) is 7.11 Å². The number of nitrogens with one attached hydrogen (secondary N) is 1. The van der Waals surface area contributed by atoms with Gasteiger partial charge in [0.2, 0.25) is 0 Å². The molecule has 2 aromatic rings. The van der Waals surface area contributed by atoms with Gasteiger partial charge in [-0.25, -0.2) is 0 Å². The number of ether oxygens (including phenoxy) is 1. The lowest BCUT2D eigenvalue weighted by Crippen LogP contribution is -2.23. The highest BCUT2D eigenvalue weighted by atomic mass is 127. The second kappa shape index (κ2) is 7.64. The van der Waals surface area contributed by atoms with Crippen LogP contribution in [0.5, 0.6) is 5.75 Å². The van der Waals surface area contributed by atoms with Crippen molar-refractivity contribution in [1.29, 1.82) is 0 Å². The maximum absolute atomic E-state index is 5.21. The van der Waals surface area contributed by atoms with Crippen molar-refractivity contribution in [1.82, 2.24) is 5.32 Å². The second-order valence-corrected chi connectivity index (χ2v) is 5.85. The van der Waals surface area contributed by atoms with Crippen molar-refractivity contribution in [2.45, 2.75) is 19.4 Å². The molecule has 0 amide bonds. The Kier molecular flexibility index (Phi) is 5.86. The highest BCUT2D eigenvalue weighted by Gasteiger charge is 2.13. The topological polar surface area (TPSA) is 21.3 Å². The Bertz CT molecular complexity index is 539. The van der Waals surface area contributed by atoms with Crippen molar-refractivity contribution < 1.29 is 4.74 Å². The van der Waals surface area contributed by atoms with Crippen molar-refractivity contribution in [2.24, 2.45) is 0 Å². The van der Waals surface area contributed by atoms with E-state index in [2.05, 4.69) is 71.2 Å². The van der Waals surface area contributed by atoms with Gasteiger partial charge in [0.25, 0.3) is 0 Å². The van der Waals surface area contributed by atoms with E-state index in [4.69, 9.17) is 4.74 Å². The summed E-state index contributed by atoms with van der Waals surface area (Å²) in [4.78, 5) is 0. The predicted octanol–water partition coefficient (Wildman–Crippen LogP) is 4.19. The van der Waals surface area contributed by atoms with Crippen LogP contribution >= 0.6 is 22.6 Å². The van der Waals surface area contributed by atoms with E-state index in [9.17, 15) is 0 Å². The molecular formula is C17H20INO. The first-order valence-corrected chi connectivity index (χ1v) is 7.93. The molecule has 3 heteroatoms. The number of methoxy groups -OCH3 is 1. The Morgan fingerprint density at radius 3 is 2.40 bits per heavy atom. The summed E-state index contributed by atoms with van der Waals surface area (Å²) in [6.07, 6.45) is 0.984. The Hall–Kier alpha value is -1.07. The number of hydrogen-bond acceptors (Lipinski definition) is 2. The van der Waals surface area contributed by atoms with E-state index in [-0.39, 0.29) is 0 Å². The third kappa shape index (κ3) is 3.96. The van der Waals surface area contributed by atoms with Gasteiger partial charge in [0.1, 0.15) is 5.75 Å². The molecule has 0 aliphatic rings. The lowest BCUT2D eigenvalue weighted by atomic mass is 9.99. The van der Waals surface area contributed by atoms with Gasteiger partial charge in [-0.05, 0) is 64.9 Å². The van der Waals surface area contributed by atoms with Crippen LogP contribution in [-0.2, 0) is 6.42 Å². The van der Waals surface area contributed by atoms with E-state index in [1.165, 1.54) is 14.7 Å². The summed E-state index contributed by atoms with van der Waals surface area (Å²) in [5.41, 5.74) is 2.68. The molecule has 2 aromatic carbocycles. The van der Waals surface area contributed by atoms with E-state index >= 15 is 0 Å². The van der Waals surface area contributed by atoms with Gasteiger partial charge in [-0.1, -0.05) is 37.3 Å². The Morgan fingerprint density at radius 1 is 1.10 bits per heavy atom. The average Bonchev–Trinajstić information content (AvgIpc) is 2.48. The number of hydrogen-bond donors (Lipinski definition) is 1. The van der Waals surface area contributed by atoms with Gasteiger partial charge in [0, 0.05) is 9.61 Å². The largest absolute Gasteiger partial charge is 0.497 e. The first kappa shape index (κ1) is 15.3. The molecule has 1 N–H and O–H groups in total. The number of benzene rings is 2. The second-order valence-electron chi connectivity index (χ2n) is 4.68. The molecule has 0 fully saturated rings. The maximum atomic E-state index is 5.21. The van der Waals surface area contributed by atoms with Crippen LogP contribution in [0, 0.1) is 3.57 Å². The van der Waals surface area contributed by atoms with Gasteiger partial charge in [-0.15, -0.1) is 0 Å². The first-order valence-electron chi connectivity index (χ1n) is 6.85. The standard InChI is InChI=1S/C17H20INO/c1-3-19-17(15-6-4-5-7-16(15)18)12-13-8-10-14(20-2)11-9-13/h4-11,17,19H,3,12H2,1-2H3. The molecule has 0 aliphatic carbocycles. The maximum Gasteiger partial charge on any atom is 0.118 e. The normalized spacial score (nSPS) is 12.2. The summed E-state index contributed by atoms with van der Waals surface area (Å²) in [5, 5.41) is 3.58. The summed E-state index contributed by atoms with van der Waals surface area (Å²) in [6.45, 7) is 3.11. The van der Waals surface area contributed by atoms with Crippen LogP contribution in [0.15, 0.2) is 48.5 Å². The molecule has 0 aromatic heterocycles. The average molecular weight is 381 g/mol. The van der Waals surface area contributed by atoms with Gasteiger partial charge in [-0.2, -0.15) is 0 Å². The van der Waals surface area contributed by atoms with Crippen LogP contribution in [0.3, 0.4) is 0 Å². The van der Waals surface area contributed by atoms with Gasteiger partial charge < -0.3 is 10.1 Å². The smallest absolute Gasteiger partial charge is 0.118 e.